The van der Waals surface area contributed by atoms with Crippen molar-refractivity contribution >= 4 is 11.8 Å². The number of rotatable bonds is 3. The second kappa shape index (κ2) is 3.92. The number of likely N-dealkylation sites (tertiary alicyclic amines) is 1. The Morgan fingerprint density at radius 3 is 2.11 bits per heavy atom. The average molecular weight is 244 g/mol. The summed E-state index contributed by atoms with van der Waals surface area (Å²) in [5.74, 6) is -0.0631. The maximum Gasteiger partial charge on any atom is 0.249 e. The smallest absolute Gasteiger partial charge is 0.249 e. The second-order valence-electron chi connectivity index (χ2n) is 5.19. The fraction of sp³-hybridized carbons (Fsp3) is 0.429. The third-order valence-electron chi connectivity index (χ3n) is 3.63. The number of hydrogen-bond acceptors (Lipinski definition) is 3. The van der Waals surface area contributed by atoms with Crippen molar-refractivity contribution in [1.82, 2.24) is 9.80 Å². The molecule has 0 saturated carbocycles. The van der Waals surface area contributed by atoms with Gasteiger partial charge in [-0.1, -0.05) is 30.3 Å². The van der Waals surface area contributed by atoms with Crippen LogP contribution in [-0.4, -0.2) is 39.7 Å². The van der Waals surface area contributed by atoms with E-state index >= 15 is 0 Å². The molecule has 3 rings (SSSR count). The molecule has 1 aromatic rings. The zero-order valence-corrected chi connectivity index (χ0v) is 10.5. The molecule has 2 fully saturated rings. The molecule has 2 unspecified atom stereocenters. The highest BCUT2D eigenvalue weighted by molar-refractivity contribution is 6.13. The average Bonchev–Trinajstić information content (AvgIpc) is 2.96. The van der Waals surface area contributed by atoms with Gasteiger partial charge in [-0.2, -0.15) is 0 Å². The predicted molar refractivity (Wildman–Crippen MR) is 66.6 cm³/mol. The topological polar surface area (TPSA) is 40.4 Å². The van der Waals surface area contributed by atoms with Crippen LogP contribution in [0.3, 0.4) is 0 Å². The van der Waals surface area contributed by atoms with Gasteiger partial charge < -0.3 is 0 Å². The van der Waals surface area contributed by atoms with E-state index in [0.29, 0.717) is 6.54 Å². The van der Waals surface area contributed by atoms with Gasteiger partial charge in [-0.3, -0.25) is 19.4 Å². The fourth-order valence-corrected chi connectivity index (χ4v) is 2.72. The van der Waals surface area contributed by atoms with Crippen LogP contribution in [0.2, 0.25) is 0 Å². The highest BCUT2D eigenvalue weighted by atomic mass is 16.2. The number of benzene rings is 1. The molecule has 2 aliphatic heterocycles. The van der Waals surface area contributed by atoms with Gasteiger partial charge in [0, 0.05) is 12.6 Å². The SMILES string of the molecule is CC(C)N1C(=O)C2C(C1=O)N2Cc1ccccc1. The first-order valence-electron chi connectivity index (χ1n) is 6.28. The normalized spacial score (nSPS) is 29.9. The van der Waals surface area contributed by atoms with Crippen LogP contribution in [0.15, 0.2) is 30.3 Å². The summed E-state index contributed by atoms with van der Waals surface area (Å²) < 4.78 is 0. The molecular formula is C14H16N2O2. The van der Waals surface area contributed by atoms with Gasteiger partial charge in [-0.05, 0) is 19.4 Å². The minimum absolute atomic E-state index is 0.0311. The number of carbonyl (C=O) groups is 2. The van der Waals surface area contributed by atoms with E-state index in [1.165, 1.54) is 4.90 Å². The molecule has 0 bridgehead atoms. The molecule has 0 aliphatic carbocycles. The van der Waals surface area contributed by atoms with Crippen molar-refractivity contribution in [2.45, 2.75) is 38.5 Å². The molecule has 0 spiro atoms. The van der Waals surface area contributed by atoms with Crippen molar-refractivity contribution in [3.8, 4) is 0 Å². The van der Waals surface area contributed by atoms with Gasteiger partial charge >= 0.3 is 0 Å². The molecular weight excluding hydrogens is 228 g/mol. The summed E-state index contributed by atoms with van der Waals surface area (Å²) in [6.45, 7) is 4.43. The third kappa shape index (κ3) is 1.56. The molecule has 0 radical (unpaired) electrons. The van der Waals surface area contributed by atoms with Crippen molar-refractivity contribution in [2.24, 2.45) is 0 Å². The summed E-state index contributed by atoms with van der Waals surface area (Å²) in [6, 6.07) is 9.49. The van der Waals surface area contributed by atoms with Crippen LogP contribution in [0.5, 0.6) is 0 Å². The van der Waals surface area contributed by atoms with Crippen LogP contribution in [-0.2, 0) is 16.1 Å². The molecule has 0 aromatic heterocycles. The summed E-state index contributed by atoms with van der Waals surface area (Å²) in [5, 5.41) is 0. The maximum absolute atomic E-state index is 12.1. The highest BCUT2D eigenvalue weighted by Gasteiger charge is 2.65. The molecule has 0 N–H and O–H groups in total. The Morgan fingerprint density at radius 2 is 1.61 bits per heavy atom. The third-order valence-corrected chi connectivity index (χ3v) is 3.63. The minimum atomic E-state index is -0.208. The van der Waals surface area contributed by atoms with Crippen molar-refractivity contribution < 1.29 is 9.59 Å². The lowest BCUT2D eigenvalue weighted by Crippen LogP contribution is -2.42. The van der Waals surface area contributed by atoms with Gasteiger partial charge in [0.05, 0.1) is 0 Å². The Hall–Kier alpha value is -1.68. The van der Waals surface area contributed by atoms with E-state index in [-0.39, 0.29) is 29.9 Å². The van der Waals surface area contributed by atoms with Crippen molar-refractivity contribution in [1.29, 1.82) is 0 Å². The first kappa shape index (κ1) is 11.4. The van der Waals surface area contributed by atoms with Crippen molar-refractivity contribution in [2.75, 3.05) is 0 Å². The standard InChI is InChI=1S/C14H16N2O2/c1-9(2)16-13(17)11-12(14(16)18)15(11)8-10-6-4-3-5-7-10/h3-7,9,11-12H,8H2,1-2H3. The summed E-state index contributed by atoms with van der Waals surface area (Å²) >= 11 is 0. The summed E-state index contributed by atoms with van der Waals surface area (Å²) in [4.78, 5) is 27.5. The lowest BCUT2D eigenvalue weighted by atomic mass is 10.2. The first-order chi connectivity index (χ1) is 8.61. The Morgan fingerprint density at radius 1 is 1.06 bits per heavy atom. The number of amides is 2. The lowest BCUT2D eigenvalue weighted by Gasteiger charge is -2.22. The number of imide groups is 1. The monoisotopic (exact) mass is 244 g/mol. The zero-order valence-electron chi connectivity index (χ0n) is 10.5. The number of piperazine rings is 1. The van der Waals surface area contributed by atoms with E-state index in [4.69, 9.17) is 0 Å². The molecule has 18 heavy (non-hydrogen) atoms. The van der Waals surface area contributed by atoms with E-state index in [9.17, 15) is 9.59 Å². The van der Waals surface area contributed by atoms with Crippen LogP contribution in [0.1, 0.15) is 19.4 Å². The number of carbonyl (C=O) groups excluding carboxylic acids is 2. The van der Waals surface area contributed by atoms with Gasteiger partial charge in [0.2, 0.25) is 11.8 Å². The Balaban J connectivity index is 1.72. The molecule has 2 aliphatic rings. The van der Waals surface area contributed by atoms with Gasteiger partial charge in [0.25, 0.3) is 0 Å². The Bertz CT molecular complexity index is 476. The minimum Gasteiger partial charge on any atom is -0.277 e. The first-order valence-corrected chi connectivity index (χ1v) is 6.28. The quantitative estimate of drug-likeness (QED) is 0.588. The fourth-order valence-electron chi connectivity index (χ4n) is 2.72. The van der Waals surface area contributed by atoms with Crippen LogP contribution in [0, 0.1) is 0 Å². The van der Waals surface area contributed by atoms with Gasteiger partial charge in [-0.15, -0.1) is 0 Å². The van der Waals surface area contributed by atoms with E-state index in [0.717, 1.165) is 5.56 Å². The van der Waals surface area contributed by atoms with Crippen LogP contribution in [0.25, 0.3) is 0 Å². The largest absolute Gasteiger partial charge is 0.277 e. The van der Waals surface area contributed by atoms with Gasteiger partial charge in [0.15, 0.2) is 0 Å². The summed E-state index contributed by atoms with van der Waals surface area (Å²) in [6.07, 6.45) is 0. The number of nitrogens with zero attached hydrogens (tertiary/aromatic N) is 2. The highest BCUT2D eigenvalue weighted by Crippen LogP contribution is 2.39. The molecule has 2 heterocycles. The van der Waals surface area contributed by atoms with E-state index in [1.807, 2.05) is 49.1 Å². The predicted octanol–water partition coefficient (Wildman–Crippen LogP) is 1.02. The van der Waals surface area contributed by atoms with Crippen LogP contribution in [0.4, 0.5) is 0 Å². The Labute approximate surface area is 106 Å². The van der Waals surface area contributed by atoms with E-state index in [2.05, 4.69) is 0 Å². The second-order valence-corrected chi connectivity index (χ2v) is 5.19. The van der Waals surface area contributed by atoms with Crippen LogP contribution >= 0.6 is 0 Å². The molecule has 1 aromatic carbocycles. The number of hydrogen-bond donors (Lipinski definition) is 0. The molecule has 94 valence electrons. The molecule has 2 amide bonds. The number of fused-ring (bicyclic) bond motifs is 1. The van der Waals surface area contributed by atoms with Gasteiger partial charge in [-0.25, -0.2) is 0 Å². The molecule has 4 heteroatoms. The molecule has 2 atom stereocenters. The molecule has 4 nitrogen and oxygen atoms in total. The molecule has 2 saturated heterocycles. The van der Waals surface area contributed by atoms with E-state index in [1.54, 1.807) is 0 Å². The van der Waals surface area contributed by atoms with Crippen molar-refractivity contribution in [3.63, 3.8) is 0 Å². The summed E-state index contributed by atoms with van der Waals surface area (Å²) in [7, 11) is 0. The van der Waals surface area contributed by atoms with E-state index < -0.39 is 0 Å². The maximum atomic E-state index is 12.1. The van der Waals surface area contributed by atoms with Crippen molar-refractivity contribution in [3.05, 3.63) is 35.9 Å². The zero-order chi connectivity index (χ0) is 12.9. The lowest BCUT2D eigenvalue weighted by molar-refractivity contribution is -0.144. The Kier molecular flexibility index (Phi) is 2.48. The van der Waals surface area contributed by atoms with Crippen LogP contribution < -0.4 is 0 Å². The van der Waals surface area contributed by atoms with Gasteiger partial charge in [0.1, 0.15) is 12.1 Å². The summed E-state index contributed by atoms with van der Waals surface area (Å²) in [5.41, 5.74) is 1.14.